The number of nitrogens with zero attached hydrogens (tertiary/aromatic N) is 1. The van der Waals surface area contributed by atoms with Gasteiger partial charge in [-0.15, -0.1) is 0 Å². The van der Waals surface area contributed by atoms with Crippen LogP contribution in [0.25, 0.3) is 0 Å². The first-order valence-electron chi connectivity index (χ1n) is 5.79. The second-order valence-corrected chi connectivity index (χ2v) is 4.73. The maximum absolute atomic E-state index is 11.1. The van der Waals surface area contributed by atoms with Crippen LogP contribution < -0.4 is 0 Å². The van der Waals surface area contributed by atoms with Crippen molar-refractivity contribution in [3.63, 3.8) is 0 Å². The number of isocyanates is 1. The van der Waals surface area contributed by atoms with Gasteiger partial charge in [0, 0.05) is 5.56 Å². The summed E-state index contributed by atoms with van der Waals surface area (Å²) < 4.78 is 0. The number of hydrogen-bond acceptors (Lipinski definition) is 3. The van der Waals surface area contributed by atoms with Gasteiger partial charge in [-0.3, -0.25) is 4.79 Å². The van der Waals surface area contributed by atoms with Crippen molar-refractivity contribution >= 4 is 12.4 Å². The van der Waals surface area contributed by atoms with E-state index >= 15 is 0 Å². The average Bonchev–Trinajstić information content (AvgIpc) is 2.27. The molecule has 1 aromatic carbocycles. The molecule has 0 heterocycles. The lowest BCUT2D eigenvalue weighted by molar-refractivity contribution is 0.111. The first-order valence-corrected chi connectivity index (χ1v) is 5.79. The highest BCUT2D eigenvalue weighted by atomic mass is 16.1. The fourth-order valence-electron chi connectivity index (χ4n) is 2.38. The van der Waals surface area contributed by atoms with Crippen LogP contribution in [0.1, 0.15) is 46.3 Å². The van der Waals surface area contributed by atoms with E-state index in [0.717, 1.165) is 42.2 Å². The zero-order chi connectivity index (χ0) is 12.5. The van der Waals surface area contributed by atoms with Crippen molar-refractivity contribution in [3.8, 4) is 0 Å². The van der Waals surface area contributed by atoms with Crippen molar-refractivity contribution in [1.29, 1.82) is 0 Å². The molecule has 1 aliphatic carbocycles. The fraction of sp³-hybridized carbons (Fsp3) is 0.429. The summed E-state index contributed by atoms with van der Waals surface area (Å²) in [5, 5.41) is 0. The second-order valence-electron chi connectivity index (χ2n) is 4.73. The Kier molecular flexibility index (Phi) is 2.95. The molecule has 0 spiro atoms. The van der Waals surface area contributed by atoms with Crippen LogP contribution in [-0.4, -0.2) is 12.4 Å². The standard InChI is InChI=1S/C14H15NO2/c1-10-6-12(8-16)13(7-11(10)2)14(15-9-17)4-3-5-14/h6-8H,3-5H2,1-2H3. The molecule has 0 saturated heterocycles. The van der Waals surface area contributed by atoms with E-state index in [9.17, 15) is 9.59 Å². The van der Waals surface area contributed by atoms with Gasteiger partial charge >= 0.3 is 0 Å². The van der Waals surface area contributed by atoms with Crippen molar-refractivity contribution in [2.45, 2.75) is 38.6 Å². The number of aldehydes is 1. The van der Waals surface area contributed by atoms with Crippen molar-refractivity contribution < 1.29 is 9.59 Å². The number of carbonyl (C=O) groups excluding carboxylic acids is 2. The normalized spacial score (nSPS) is 16.8. The molecular weight excluding hydrogens is 214 g/mol. The summed E-state index contributed by atoms with van der Waals surface area (Å²) in [4.78, 5) is 25.6. The summed E-state index contributed by atoms with van der Waals surface area (Å²) in [7, 11) is 0. The topological polar surface area (TPSA) is 46.5 Å². The van der Waals surface area contributed by atoms with Gasteiger partial charge in [0.25, 0.3) is 0 Å². The summed E-state index contributed by atoms with van der Waals surface area (Å²) in [5.74, 6) is 0. The highest BCUT2D eigenvalue weighted by Crippen LogP contribution is 2.46. The van der Waals surface area contributed by atoms with Crippen LogP contribution in [0.3, 0.4) is 0 Å². The van der Waals surface area contributed by atoms with Gasteiger partial charge in [0.2, 0.25) is 6.08 Å². The first-order chi connectivity index (χ1) is 8.13. The molecule has 1 saturated carbocycles. The lowest BCUT2D eigenvalue weighted by atomic mass is 9.70. The Balaban J connectivity index is 2.61. The third-order valence-electron chi connectivity index (χ3n) is 3.73. The molecule has 0 aliphatic heterocycles. The van der Waals surface area contributed by atoms with E-state index in [1.807, 2.05) is 26.0 Å². The molecule has 0 amide bonds. The van der Waals surface area contributed by atoms with Crippen LogP contribution in [-0.2, 0) is 10.3 Å². The Morgan fingerprint density at radius 3 is 2.41 bits per heavy atom. The molecule has 88 valence electrons. The molecule has 3 nitrogen and oxygen atoms in total. The first kappa shape index (κ1) is 11.7. The van der Waals surface area contributed by atoms with E-state index in [0.29, 0.717) is 5.56 Å². The van der Waals surface area contributed by atoms with Gasteiger partial charge in [-0.05, 0) is 55.9 Å². The molecule has 1 aromatic rings. The quantitative estimate of drug-likeness (QED) is 0.454. The van der Waals surface area contributed by atoms with E-state index in [4.69, 9.17) is 0 Å². The highest BCUT2D eigenvalue weighted by molar-refractivity contribution is 5.79. The predicted molar refractivity (Wildman–Crippen MR) is 65.0 cm³/mol. The average molecular weight is 229 g/mol. The summed E-state index contributed by atoms with van der Waals surface area (Å²) >= 11 is 0. The molecule has 0 N–H and O–H groups in total. The zero-order valence-corrected chi connectivity index (χ0v) is 10.1. The Morgan fingerprint density at radius 2 is 1.94 bits per heavy atom. The van der Waals surface area contributed by atoms with E-state index < -0.39 is 5.54 Å². The SMILES string of the molecule is Cc1cc(C=O)c(C2(N=C=O)CCC2)cc1C. The Morgan fingerprint density at radius 1 is 1.29 bits per heavy atom. The smallest absolute Gasteiger partial charge is 0.235 e. The number of carbonyl (C=O) groups is 1. The molecule has 0 bridgehead atoms. The van der Waals surface area contributed by atoms with Gasteiger partial charge in [-0.25, -0.2) is 4.79 Å². The maximum Gasteiger partial charge on any atom is 0.235 e. The summed E-state index contributed by atoms with van der Waals surface area (Å²) in [6.07, 6.45) is 5.19. The third kappa shape index (κ3) is 1.83. The van der Waals surface area contributed by atoms with Crippen LogP contribution in [0, 0.1) is 13.8 Å². The van der Waals surface area contributed by atoms with Gasteiger partial charge in [0.15, 0.2) is 0 Å². The molecule has 2 rings (SSSR count). The minimum atomic E-state index is -0.490. The maximum atomic E-state index is 11.1. The molecule has 3 heteroatoms. The molecule has 0 aromatic heterocycles. The van der Waals surface area contributed by atoms with Gasteiger partial charge < -0.3 is 0 Å². The van der Waals surface area contributed by atoms with E-state index in [2.05, 4.69) is 4.99 Å². The molecule has 1 fully saturated rings. The number of aliphatic imine (C=N–C) groups is 1. The largest absolute Gasteiger partial charge is 0.298 e. The third-order valence-corrected chi connectivity index (χ3v) is 3.73. The van der Waals surface area contributed by atoms with Crippen LogP contribution in [0.5, 0.6) is 0 Å². The Labute approximate surface area is 101 Å². The van der Waals surface area contributed by atoms with E-state index in [1.54, 1.807) is 6.08 Å². The van der Waals surface area contributed by atoms with E-state index in [1.165, 1.54) is 0 Å². The van der Waals surface area contributed by atoms with Crippen molar-refractivity contribution in [1.82, 2.24) is 0 Å². The van der Waals surface area contributed by atoms with Gasteiger partial charge in [0.1, 0.15) is 6.29 Å². The zero-order valence-electron chi connectivity index (χ0n) is 10.1. The van der Waals surface area contributed by atoms with Crippen LogP contribution in [0.15, 0.2) is 17.1 Å². The van der Waals surface area contributed by atoms with E-state index in [-0.39, 0.29) is 0 Å². The Bertz CT molecular complexity index is 509. The molecule has 0 unspecified atom stereocenters. The van der Waals surface area contributed by atoms with Crippen LogP contribution >= 0.6 is 0 Å². The minimum Gasteiger partial charge on any atom is -0.298 e. The van der Waals surface area contributed by atoms with Crippen LogP contribution in [0.4, 0.5) is 0 Å². The number of benzene rings is 1. The second kappa shape index (κ2) is 4.27. The number of rotatable bonds is 3. The molecule has 1 aliphatic rings. The Hall–Kier alpha value is -1.73. The highest BCUT2D eigenvalue weighted by Gasteiger charge is 2.40. The lowest BCUT2D eigenvalue weighted by Crippen LogP contribution is -2.33. The van der Waals surface area contributed by atoms with Crippen molar-refractivity contribution in [2.75, 3.05) is 0 Å². The summed E-state index contributed by atoms with van der Waals surface area (Å²) in [5.41, 5.74) is 3.24. The minimum absolute atomic E-state index is 0.490. The molecule has 17 heavy (non-hydrogen) atoms. The number of hydrogen-bond donors (Lipinski definition) is 0. The number of aryl methyl sites for hydroxylation is 2. The van der Waals surface area contributed by atoms with Gasteiger partial charge in [0.05, 0.1) is 5.54 Å². The predicted octanol–water partition coefficient (Wildman–Crippen LogP) is 2.83. The fourth-order valence-corrected chi connectivity index (χ4v) is 2.38. The lowest BCUT2D eigenvalue weighted by Gasteiger charge is -2.38. The molecular formula is C14H15NO2. The summed E-state index contributed by atoms with van der Waals surface area (Å²) in [6.45, 7) is 3.98. The van der Waals surface area contributed by atoms with Crippen molar-refractivity contribution in [2.24, 2.45) is 4.99 Å². The van der Waals surface area contributed by atoms with Crippen molar-refractivity contribution in [3.05, 3.63) is 34.4 Å². The molecule has 0 radical (unpaired) electrons. The summed E-state index contributed by atoms with van der Waals surface area (Å²) in [6, 6.07) is 3.86. The molecule has 0 atom stereocenters. The van der Waals surface area contributed by atoms with Gasteiger partial charge in [-0.1, -0.05) is 6.07 Å². The monoisotopic (exact) mass is 229 g/mol. The van der Waals surface area contributed by atoms with Gasteiger partial charge in [-0.2, -0.15) is 4.99 Å². The van der Waals surface area contributed by atoms with Crippen LogP contribution in [0.2, 0.25) is 0 Å².